The highest BCUT2D eigenvalue weighted by molar-refractivity contribution is 7.89. The summed E-state index contributed by atoms with van der Waals surface area (Å²) in [5, 5.41) is 0.911. The molecule has 0 amide bonds. The lowest BCUT2D eigenvalue weighted by atomic mass is 10.2. The van der Waals surface area contributed by atoms with Crippen molar-refractivity contribution in [2.24, 2.45) is 0 Å². The Bertz CT molecular complexity index is 1400. The minimum atomic E-state index is -3.85. The highest BCUT2D eigenvalue weighted by atomic mass is 35.5. The number of nitrogens with zero attached hydrogens (tertiary/aromatic N) is 3. The van der Waals surface area contributed by atoms with Gasteiger partial charge in [0.1, 0.15) is 5.82 Å². The minimum Gasteiger partial charge on any atom is -0.268 e. The first kappa shape index (κ1) is 21.2. The number of halogens is 1. The van der Waals surface area contributed by atoms with E-state index in [0.29, 0.717) is 27.4 Å². The van der Waals surface area contributed by atoms with Crippen molar-refractivity contribution in [3.05, 3.63) is 100 Å². The van der Waals surface area contributed by atoms with E-state index in [4.69, 9.17) is 16.6 Å². The molecule has 0 spiro atoms. The number of hydrogen-bond donors (Lipinski definition) is 0. The zero-order valence-electron chi connectivity index (χ0n) is 16.9. The van der Waals surface area contributed by atoms with Gasteiger partial charge in [0.25, 0.3) is 5.56 Å². The Balaban J connectivity index is 1.90. The van der Waals surface area contributed by atoms with E-state index in [1.54, 1.807) is 43.3 Å². The molecule has 0 saturated carbocycles. The molecule has 0 aliphatic carbocycles. The summed E-state index contributed by atoms with van der Waals surface area (Å²) in [4.78, 5) is 18.2. The number of rotatable bonds is 5. The third kappa shape index (κ3) is 3.87. The van der Waals surface area contributed by atoms with Gasteiger partial charge in [-0.3, -0.25) is 9.36 Å². The molecule has 4 aromatic rings. The summed E-state index contributed by atoms with van der Waals surface area (Å²) in [5.74, 6) is 0.329. The minimum absolute atomic E-state index is 0.112. The Morgan fingerprint density at radius 2 is 1.55 bits per heavy atom. The van der Waals surface area contributed by atoms with Crippen molar-refractivity contribution in [2.45, 2.75) is 17.9 Å². The molecular weight excluding hydrogens is 434 g/mol. The molecule has 0 saturated heterocycles. The SMILES string of the molecule is CC(c1nc2ccccc2c(=O)n1-c1ccccc1)N(C)S(=O)(=O)c1ccc(Cl)cc1. The van der Waals surface area contributed by atoms with Crippen LogP contribution in [-0.4, -0.2) is 29.3 Å². The van der Waals surface area contributed by atoms with Crippen molar-refractivity contribution in [3.63, 3.8) is 0 Å². The van der Waals surface area contributed by atoms with Crippen LogP contribution in [0.25, 0.3) is 16.6 Å². The molecule has 31 heavy (non-hydrogen) atoms. The summed E-state index contributed by atoms with van der Waals surface area (Å²) in [6.07, 6.45) is 0. The van der Waals surface area contributed by atoms with E-state index in [1.165, 1.54) is 40.2 Å². The summed E-state index contributed by atoms with van der Waals surface area (Å²) < 4.78 is 29.1. The zero-order valence-corrected chi connectivity index (χ0v) is 18.5. The van der Waals surface area contributed by atoms with Gasteiger partial charge in [0.2, 0.25) is 10.0 Å². The van der Waals surface area contributed by atoms with Crippen molar-refractivity contribution in [1.29, 1.82) is 0 Å². The molecule has 1 heterocycles. The van der Waals surface area contributed by atoms with Crippen LogP contribution in [-0.2, 0) is 10.0 Å². The second kappa shape index (κ2) is 8.26. The number of para-hydroxylation sites is 2. The van der Waals surface area contributed by atoms with E-state index in [-0.39, 0.29) is 10.5 Å². The maximum absolute atomic E-state index is 13.4. The molecule has 0 bridgehead atoms. The maximum Gasteiger partial charge on any atom is 0.266 e. The Morgan fingerprint density at radius 1 is 0.935 bits per heavy atom. The molecule has 158 valence electrons. The van der Waals surface area contributed by atoms with Crippen LogP contribution in [0.1, 0.15) is 18.8 Å². The normalized spacial score (nSPS) is 12.9. The average Bonchev–Trinajstić information content (AvgIpc) is 2.79. The first-order chi connectivity index (χ1) is 14.8. The van der Waals surface area contributed by atoms with Crippen LogP contribution < -0.4 is 5.56 Å². The molecule has 1 unspecified atom stereocenters. The first-order valence-electron chi connectivity index (χ1n) is 9.61. The number of fused-ring (bicyclic) bond motifs is 1. The molecule has 1 aromatic heterocycles. The van der Waals surface area contributed by atoms with Crippen LogP contribution in [0.4, 0.5) is 0 Å². The fraction of sp³-hybridized carbons (Fsp3) is 0.130. The van der Waals surface area contributed by atoms with Gasteiger partial charge in [-0.1, -0.05) is 41.9 Å². The molecular formula is C23H20ClN3O3S. The number of hydrogen-bond acceptors (Lipinski definition) is 4. The highest BCUT2D eigenvalue weighted by Gasteiger charge is 2.30. The lowest BCUT2D eigenvalue weighted by Gasteiger charge is -2.26. The van der Waals surface area contributed by atoms with Crippen molar-refractivity contribution in [2.75, 3.05) is 7.05 Å². The lowest BCUT2D eigenvalue weighted by molar-refractivity contribution is 0.379. The molecule has 3 aromatic carbocycles. The Hall–Kier alpha value is -3.00. The second-order valence-electron chi connectivity index (χ2n) is 7.11. The summed E-state index contributed by atoms with van der Waals surface area (Å²) in [5.41, 5.74) is 0.875. The number of benzene rings is 3. The molecule has 1 atom stereocenters. The van der Waals surface area contributed by atoms with Crippen molar-refractivity contribution >= 4 is 32.5 Å². The fourth-order valence-corrected chi connectivity index (χ4v) is 4.85. The standard InChI is InChI=1S/C23H20ClN3O3S/c1-16(26(2)31(29,30)19-14-12-17(24)13-15-19)22-25-21-11-7-6-10-20(21)23(28)27(22)18-8-4-3-5-9-18/h3-16H,1-2H3. The van der Waals surface area contributed by atoms with Gasteiger partial charge in [0, 0.05) is 12.1 Å². The van der Waals surface area contributed by atoms with Gasteiger partial charge in [0.15, 0.2) is 0 Å². The smallest absolute Gasteiger partial charge is 0.266 e. The molecule has 0 aliphatic rings. The molecule has 0 radical (unpaired) electrons. The predicted molar refractivity (Wildman–Crippen MR) is 122 cm³/mol. The van der Waals surface area contributed by atoms with Crippen LogP contribution in [0.2, 0.25) is 5.02 Å². The Kier molecular flexibility index (Phi) is 5.66. The van der Waals surface area contributed by atoms with Gasteiger partial charge in [-0.2, -0.15) is 4.31 Å². The van der Waals surface area contributed by atoms with E-state index in [1.807, 2.05) is 18.2 Å². The van der Waals surface area contributed by atoms with Crippen LogP contribution in [0, 0.1) is 0 Å². The maximum atomic E-state index is 13.4. The third-order valence-corrected chi connectivity index (χ3v) is 7.42. The number of aromatic nitrogens is 2. The average molecular weight is 454 g/mol. The zero-order chi connectivity index (χ0) is 22.2. The largest absolute Gasteiger partial charge is 0.268 e. The summed E-state index contributed by atoms with van der Waals surface area (Å²) in [6.45, 7) is 1.71. The molecule has 8 heteroatoms. The molecule has 0 fully saturated rings. The summed E-state index contributed by atoms with van der Waals surface area (Å²) in [7, 11) is -2.37. The Labute approximate surface area is 185 Å². The van der Waals surface area contributed by atoms with E-state index in [9.17, 15) is 13.2 Å². The van der Waals surface area contributed by atoms with E-state index in [2.05, 4.69) is 0 Å². The van der Waals surface area contributed by atoms with Crippen LogP contribution in [0.5, 0.6) is 0 Å². The van der Waals surface area contributed by atoms with Crippen molar-refractivity contribution < 1.29 is 8.42 Å². The molecule has 0 aliphatic heterocycles. The van der Waals surface area contributed by atoms with Gasteiger partial charge in [-0.15, -0.1) is 0 Å². The monoisotopic (exact) mass is 453 g/mol. The van der Waals surface area contributed by atoms with Crippen LogP contribution in [0.15, 0.2) is 88.6 Å². The predicted octanol–water partition coefficient (Wildman–Crippen LogP) is 4.42. The topological polar surface area (TPSA) is 72.3 Å². The van der Waals surface area contributed by atoms with E-state index in [0.717, 1.165) is 0 Å². The van der Waals surface area contributed by atoms with Crippen LogP contribution in [0.3, 0.4) is 0 Å². The van der Waals surface area contributed by atoms with E-state index < -0.39 is 16.1 Å². The Morgan fingerprint density at radius 3 is 2.23 bits per heavy atom. The fourth-order valence-electron chi connectivity index (χ4n) is 3.40. The third-order valence-electron chi connectivity index (χ3n) is 5.23. The quantitative estimate of drug-likeness (QED) is 0.448. The molecule has 6 nitrogen and oxygen atoms in total. The lowest BCUT2D eigenvalue weighted by Crippen LogP contribution is -2.34. The van der Waals surface area contributed by atoms with Gasteiger partial charge < -0.3 is 0 Å². The van der Waals surface area contributed by atoms with Gasteiger partial charge in [-0.05, 0) is 55.5 Å². The molecule has 4 rings (SSSR count). The number of sulfonamides is 1. The summed E-state index contributed by atoms with van der Waals surface area (Å²) in [6, 6.07) is 21.4. The highest BCUT2D eigenvalue weighted by Crippen LogP contribution is 2.27. The summed E-state index contributed by atoms with van der Waals surface area (Å²) >= 11 is 5.90. The van der Waals surface area contributed by atoms with Crippen molar-refractivity contribution in [3.8, 4) is 5.69 Å². The van der Waals surface area contributed by atoms with Crippen LogP contribution >= 0.6 is 11.6 Å². The van der Waals surface area contributed by atoms with Gasteiger partial charge in [0.05, 0.1) is 27.5 Å². The first-order valence-corrected chi connectivity index (χ1v) is 11.4. The van der Waals surface area contributed by atoms with Crippen molar-refractivity contribution in [1.82, 2.24) is 13.9 Å². The molecule has 0 N–H and O–H groups in total. The second-order valence-corrected chi connectivity index (χ2v) is 9.55. The van der Waals surface area contributed by atoms with Gasteiger partial charge >= 0.3 is 0 Å². The van der Waals surface area contributed by atoms with Gasteiger partial charge in [-0.25, -0.2) is 13.4 Å². The van der Waals surface area contributed by atoms with E-state index >= 15 is 0 Å².